The molecule has 0 aliphatic heterocycles. The number of hydrogen-bond donors (Lipinski definition) is 0. The van der Waals surface area contributed by atoms with E-state index in [-0.39, 0.29) is 4.75 Å². The molecule has 0 aromatic carbocycles. The van der Waals surface area contributed by atoms with Gasteiger partial charge in [0.05, 0.1) is 6.21 Å². The highest BCUT2D eigenvalue weighted by Crippen LogP contribution is 2.16. The van der Waals surface area contributed by atoms with Crippen LogP contribution in [0.5, 0.6) is 0 Å². The molecule has 1 atom stereocenters. The summed E-state index contributed by atoms with van der Waals surface area (Å²) < 4.78 is 15.2. The molecule has 3 nitrogen and oxygen atoms in total. The Morgan fingerprint density at radius 2 is 2.21 bits per heavy atom. The lowest BCUT2D eigenvalue weighted by molar-refractivity contribution is 0.562. The van der Waals surface area contributed by atoms with Gasteiger partial charge in [0.25, 0.3) is 0 Å². The molecule has 0 fully saturated rings. The van der Waals surface area contributed by atoms with Gasteiger partial charge in [-0.15, -0.1) is 0 Å². The van der Waals surface area contributed by atoms with Crippen molar-refractivity contribution in [2.75, 3.05) is 0 Å². The number of aromatic nitrogens is 1. The van der Waals surface area contributed by atoms with E-state index in [0.717, 1.165) is 5.56 Å². The van der Waals surface area contributed by atoms with Crippen LogP contribution in [0.3, 0.4) is 0 Å². The van der Waals surface area contributed by atoms with Crippen LogP contribution in [0.1, 0.15) is 26.3 Å². The topological polar surface area (TPSA) is 48.3 Å². The van der Waals surface area contributed by atoms with Gasteiger partial charge < -0.3 is 4.55 Å². The molecule has 0 spiro atoms. The zero-order valence-corrected chi connectivity index (χ0v) is 9.41. The summed E-state index contributed by atoms with van der Waals surface area (Å²) >= 11 is -1.20. The Labute approximate surface area is 87.6 Å². The second-order valence-corrected chi connectivity index (χ2v) is 5.82. The number of hydrogen-bond acceptors (Lipinski definition) is 3. The predicted molar refractivity (Wildman–Crippen MR) is 59.7 cm³/mol. The van der Waals surface area contributed by atoms with Gasteiger partial charge in [0.1, 0.15) is 16.1 Å². The Bertz CT molecular complexity index is 306. The SMILES string of the molecule is CC(C)(C)[S+]([O-])N=Cc1cccnc1. The van der Waals surface area contributed by atoms with Crippen molar-refractivity contribution in [2.45, 2.75) is 25.5 Å². The average Bonchev–Trinajstić information content (AvgIpc) is 2.14. The van der Waals surface area contributed by atoms with E-state index < -0.39 is 11.4 Å². The number of nitrogens with zero attached hydrogens (tertiary/aromatic N) is 2. The molecule has 0 saturated carbocycles. The molecule has 0 aliphatic carbocycles. The van der Waals surface area contributed by atoms with Crippen molar-refractivity contribution in [3.8, 4) is 0 Å². The predicted octanol–water partition coefficient (Wildman–Crippen LogP) is 1.96. The maximum atomic E-state index is 11.5. The smallest absolute Gasteiger partial charge is 0.144 e. The van der Waals surface area contributed by atoms with E-state index >= 15 is 0 Å². The first kappa shape index (κ1) is 11.2. The summed E-state index contributed by atoms with van der Waals surface area (Å²) in [7, 11) is 0. The summed E-state index contributed by atoms with van der Waals surface area (Å²) in [6, 6.07) is 3.69. The Kier molecular flexibility index (Phi) is 3.66. The van der Waals surface area contributed by atoms with Crippen LogP contribution in [0, 0.1) is 0 Å². The van der Waals surface area contributed by atoms with Crippen molar-refractivity contribution < 1.29 is 4.55 Å². The second-order valence-electron chi connectivity index (χ2n) is 3.88. The molecule has 1 aromatic rings. The molecule has 0 radical (unpaired) electrons. The van der Waals surface area contributed by atoms with Crippen molar-refractivity contribution in [1.82, 2.24) is 4.98 Å². The number of rotatable bonds is 2. The van der Waals surface area contributed by atoms with Gasteiger partial charge in [-0.05, 0) is 26.8 Å². The molecule has 4 heteroatoms. The normalized spacial score (nSPS) is 14.6. The van der Waals surface area contributed by atoms with Gasteiger partial charge in [0.2, 0.25) is 0 Å². The largest absolute Gasteiger partial charge is 0.591 e. The molecule has 0 bridgehead atoms. The highest BCUT2D eigenvalue weighted by molar-refractivity contribution is 7.91. The van der Waals surface area contributed by atoms with Crippen LogP contribution in [-0.2, 0) is 11.4 Å². The number of pyridine rings is 1. The second kappa shape index (κ2) is 4.57. The lowest BCUT2D eigenvalue weighted by Gasteiger charge is -2.17. The van der Waals surface area contributed by atoms with Gasteiger partial charge in [-0.25, -0.2) is 0 Å². The summed E-state index contributed by atoms with van der Waals surface area (Å²) in [6.45, 7) is 5.68. The third kappa shape index (κ3) is 3.47. The molecule has 0 aliphatic rings. The maximum Gasteiger partial charge on any atom is 0.144 e. The van der Waals surface area contributed by atoms with Gasteiger partial charge in [0.15, 0.2) is 0 Å². The maximum absolute atomic E-state index is 11.5. The van der Waals surface area contributed by atoms with Gasteiger partial charge in [-0.3, -0.25) is 4.98 Å². The lowest BCUT2D eigenvalue weighted by Crippen LogP contribution is -2.25. The zero-order valence-electron chi connectivity index (χ0n) is 8.60. The highest BCUT2D eigenvalue weighted by atomic mass is 32.2. The van der Waals surface area contributed by atoms with Crippen molar-refractivity contribution in [3.63, 3.8) is 0 Å². The van der Waals surface area contributed by atoms with Crippen LogP contribution in [0.15, 0.2) is 28.9 Å². The van der Waals surface area contributed by atoms with Gasteiger partial charge in [0, 0.05) is 18.0 Å². The molecule has 76 valence electrons. The van der Waals surface area contributed by atoms with Gasteiger partial charge in [-0.2, -0.15) is 0 Å². The molecule has 1 rings (SSSR count). The Hall–Kier alpha value is -0.870. The minimum Gasteiger partial charge on any atom is -0.591 e. The summed E-state index contributed by atoms with van der Waals surface area (Å²) in [5.41, 5.74) is 0.866. The van der Waals surface area contributed by atoms with E-state index in [2.05, 4.69) is 9.38 Å². The fourth-order valence-electron chi connectivity index (χ4n) is 0.719. The molecule has 0 amide bonds. The van der Waals surface area contributed by atoms with Crippen molar-refractivity contribution in [3.05, 3.63) is 30.1 Å². The van der Waals surface area contributed by atoms with E-state index in [9.17, 15) is 4.55 Å². The van der Waals surface area contributed by atoms with Crippen LogP contribution in [-0.4, -0.2) is 20.5 Å². The molecule has 0 N–H and O–H groups in total. The van der Waals surface area contributed by atoms with E-state index in [1.54, 1.807) is 18.6 Å². The Morgan fingerprint density at radius 3 is 2.71 bits per heavy atom. The minimum atomic E-state index is -1.20. The van der Waals surface area contributed by atoms with Crippen molar-refractivity contribution >= 4 is 17.6 Å². The molecule has 1 aromatic heterocycles. The average molecular weight is 210 g/mol. The van der Waals surface area contributed by atoms with Crippen LogP contribution in [0.4, 0.5) is 0 Å². The minimum absolute atomic E-state index is 0.307. The zero-order chi connectivity index (χ0) is 10.6. The van der Waals surface area contributed by atoms with Crippen molar-refractivity contribution in [1.29, 1.82) is 0 Å². The monoisotopic (exact) mass is 210 g/mol. The standard InChI is InChI=1S/C10H14N2OS/c1-10(2,3)14(13)12-8-9-5-4-6-11-7-9/h4-8H,1-3H3. The summed E-state index contributed by atoms with van der Waals surface area (Å²) in [6.07, 6.45) is 4.97. The summed E-state index contributed by atoms with van der Waals surface area (Å²) in [5.74, 6) is 0. The fourth-order valence-corrected chi connectivity index (χ4v) is 1.25. The van der Waals surface area contributed by atoms with E-state index in [1.165, 1.54) is 0 Å². The third-order valence-electron chi connectivity index (χ3n) is 1.51. The Balaban J connectivity index is 2.66. The molecule has 0 saturated heterocycles. The molecule has 14 heavy (non-hydrogen) atoms. The van der Waals surface area contributed by atoms with Gasteiger partial charge in [-0.1, -0.05) is 10.5 Å². The third-order valence-corrected chi connectivity index (χ3v) is 2.85. The van der Waals surface area contributed by atoms with E-state index in [0.29, 0.717) is 0 Å². The van der Waals surface area contributed by atoms with E-state index in [4.69, 9.17) is 0 Å². The molecule has 1 heterocycles. The summed E-state index contributed by atoms with van der Waals surface area (Å²) in [4.78, 5) is 3.93. The first-order valence-electron chi connectivity index (χ1n) is 4.36. The van der Waals surface area contributed by atoms with Gasteiger partial charge >= 0.3 is 0 Å². The van der Waals surface area contributed by atoms with Crippen LogP contribution >= 0.6 is 0 Å². The van der Waals surface area contributed by atoms with Crippen LogP contribution in [0.2, 0.25) is 0 Å². The fraction of sp³-hybridized carbons (Fsp3) is 0.400. The lowest BCUT2D eigenvalue weighted by atomic mass is 10.3. The van der Waals surface area contributed by atoms with Crippen LogP contribution in [0.25, 0.3) is 0 Å². The molecular formula is C10H14N2OS. The summed E-state index contributed by atoms with van der Waals surface area (Å²) in [5, 5.41) is 0. The first-order chi connectivity index (χ1) is 6.50. The quantitative estimate of drug-likeness (QED) is 0.553. The van der Waals surface area contributed by atoms with Crippen molar-refractivity contribution in [2.24, 2.45) is 4.40 Å². The van der Waals surface area contributed by atoms with E-state index in [1.807, 2.05) is 32.9 Å². The molecule has 1 unspecified atom stereocenters. The van der Waals surface area contributed by atoms with Crippen LogP contribution < -0.4 is 0 Å². The first-order valence-corrected chi connectivity index (χ1v) is 5.47. The Morgan fingerprint density at radius 1 is 1.50 bits per heavy atom. The molecular weight excluding hydrogens is 196 g/mol. The highest BCUT2D eigenvalue weighted by Gasteiger charge is 2.25.